The summed E-state index contributed by atoms with van der Waals surface area (Å²) in [5.74, 6) is -6.79. The smallest absolute Gasteiger partial charge is 0.346 e. The van der Waals surface area contributed by atoms with E-state index in [2.05, 4.69) is 0 Å². The van der Waals surface area contributed by atoms with Crippen LogP contribution in [0.4, 0.5) is 22.0 Å². The van der Waals surface area contributed by atoms with Crippen molar-refractivity contribution in [1.29, 1.82) is 0 Å². The molecular weight excluding hydrogens is 479 g/mol. The van der Waals surface area contributed by atoms with Crippen LogP contribution in [0.3, 0.4) is 0 Å². The molecule has 1 aliphatic carbocycles. The van der Waals surface area contributed by atoms with Crippen molar-refractivity contribution in [3.63, 3.8) is 0 Å². The topological polar surface area (TPSA) is 46.5 Å². The minimum Gasteiger partial charge on any atom is -0.423 e. The summed E-state index contributed by atoms with van der Waals surface area (Å²) in [6.07, 6.45) is 0.987. The van der Waals surface area contributed by atoms with Crippen LogP contribution in [0.25, 0.3) is 0 Å². The van der Waals surface area contributed by atoms with Gasteiger partial charge in [-0.15, -0.1) is 0 Å². The Labute approximate surface area is 205 Å². The number of benzene rings is 3. The summed E-state index contributed by atoms with van der Waals surface area (Å²) in [4.78, 5) is 12.3. The van der Waals surface area contributed by atoms with Crippen molar-refractivity contribution in [2.24, 2.45) is 0 Å². The summed E-state index contributed by atoms with van der Waals surface area (Å²) in [5.41, 5.74) is 0.00249. The molecule has 1 unspecified atom stereocenters. The van der Waals surface area contributed by atoms with Gasteiger partial charge >= 0.3 is 5.97 Å². The summed E-state index contributed by atoms with van der Waals surface area (Å²) in [6, 6.07) is 9.12. The van der Waals surface area contributed by atoms with Gasteiger partial charge in [0.2, 0.25) is 0 Å². The molecule has 1 fully saturated rings. The lowest BCUT2D eigenvalue weighted by atomic mass is 9.75. The van der Waals surface area contributed by atoms with Crippen LogP contribution in [0.15, 0.2) is 42.5 Å². The second-order valence-corrected chi connectivity index (χ2v) is 9.23. The molecule has 8 heteroatoms. The number of aryl methyl sites for hydroxylation is 1. The average Bonchev–Trinajstić information content (AvgIpc) is 2.84. The van der Waals surface area contributed by atoms with E-state index in [-0.39, 0.29) is 34.3 Å². The normalized spacial score (nSPS) is 18.7. The Kier molecular flexibility index (Phi) is 7.45. The fourth-order valence-corrected chi connectivity index (χ4v) is 4.80. The lowest BCUT2D eigenvalue weighted by Crippen LogP contribution is -2.16. The van der Waals surface area contributed by atoms with Crippen LogP contribution in [0.1, 0.15) is 83.2 Å². The molecular formula is C28H25F5O3. The summed E-state index contributed by atoms with van der Waals surface area (Å²) in [5, 5.41) is 9.57. The fourth-order valence-electron chi connectivity index (χ4n) is 4.80. The molecule has 3 nitrogen and oxygen atoms in total. The molecule has 1 atom stereocenters. The predicted molar refractivity (Wildman–Crippen MR) is 123 cm³/mol. The first kappa shape index (κ1) is 25.8. The van der Waals surface area contributed by atoms with Gasteiger partial charge in [0.15, 0.2) is 23.3 Å². The van der Waals surface area contributed by atoms with Crippen molar-refractivity contribution in [1.82, 2.24) is 0 Å². The van der Waals surface area contributed by atoms with Gasteiger partial charge in [0.1, 0.15) is 11.6 Å². The minimum absolute atomic E-state index is 0.0406. The fraction of sp³-hybridized carbons (Fsp3) is 0.321. The molecule has 0 heterocycles. The Bertz CT molecular complexity index is 1300. The van der Waals surface area contributed by atoms with Gasteiger partial charge in [-0.3, -0.25) is 0 Å². The third-order valence-electron chi connectivity index (χ3n) is 6.88. The molecule has 0 saturated heterocycles. The molecule has 3 aromatic carbocycles. The van der Waals surface area contributed by atoms with E-state index < -0.39 is 46.7 Å². The summed E-state index contributed by atoms with van der Waals surface area (Å²) in [7, 11) is 0. The van der Waals surface area contributed by atoms with Crippen molar-refractivity contribution in [3.05, 3.63) is 99.4 Å². The van der Waals surface area contributed by atoms with E-state index >= 15 is 0 Å². The van der Waals surface area contributed by atoms with Crippen molar-refractivity contribution in [2.75, 3.05) is 0 Å². The molecule has 1 saturated carbocycles. The largest absolute Gasteiger partial charge is 0.423 e. The molecule has 0 radical (unpaired) electrons. The highest BCUT2D eigenvalue weighted by molar-refractivity contribution is 5.91. The highest BCUT2D eigenvalue weighted by Crippen LogP contribution is 2.43. The number of rotatable bonds is 5. The van der Waals surface area contributed by atoms with Crippen molar-refractivity contribution in [3.8, 4) is 5.75 Å². The first-order valence-electron chi connectivity index (χ1n) is 11.7. The molecule has 1 aliphatic rings. The molecule has 1 N–H and O–H groups in total. The Morgan fingerprint density at radius 1 is 0.833 bits per heavy atom. The first-order chi connectivity index (χ1) is 17.1. The molecule has 190 valence electrons. The van der Waals surface area contributed by atoms with E-state index in [0.29, 0.717) is 31.2 Å². The van der Waals surface area contributed by atoms with E-state index in [1.807, 2.05) is 0 Å². The van der Waals surface area contributed by atoms with Crippen LogP contribution in [0, 0.1) is 36.0 Å². The van der Waals surface area contributed by atoms with Crippen LogP contribution in [0.2, 0.25) is 0 Å². The van der Waals surface area contributed by atoms with Gasteiger partial charge in [-0.1, -0.05) is 24.3 Å². The van der Waals surface area contributed by atoms with Gasteiger partial charge in [-0.25, -0.2) is 26.7 Å². The first-order valence-corrected chi connectivity index (χ1v) is 11.7. The predicted octanol–water partition coefficient (Wildman–Crippen LogP) is 7.40. The minimum atomic E-state index is -1.33. The maximum absolute atomic E-state index is 14.9. The number of aliphatic hydroxyl groups is 1. The molecule has 0 amide bonds. The number of halogens is 5. The number of hydrogen-bond donors (Lipinski definition) is 1. The number of aliphatic hydroxyl groups excluding tert-OH is 1. The van der Waals surface area contributed by atoms with Crippen molar-refractivity contribution >= 4 is 5.97 Å². The quantitative estimate of drug-likeness (QED) is 0.224. The third kappa shape index (κ3) is 5.00. The monoisotopic (exact) mass is 504 g/mol. The maximum Gasteiger partial charge on any atom is 0.346 e. The van der Waals surface area contributed by atoms with Gasteiger partial charge in [-0.05, 0) is 80.2 Å². The molecule has 36 heavy (non-hydrogen) atoms. The van der Waals surface area contributed by atoms with E-state index in [1.54, 1.807) is 0 Å². The zero-order valence-corrected chi connectivity index (χ0v) is 19.8. The molecule has 0 aliphatic heterocycles. The molecule has 0 spiro atoms. The average molecular weight is 504 g/mol. The Hall–Kier alpha value is -3.26. The maximum atomic E-state index is 14.9. The standard InChI is InChI=1S/C28H25F5O3/c1-14-3-9-22(27(33)24(14)30)28(35)36-18-8-10-20(23(29)13-18)16-4-6-17(7-5-16)21-12-11-19(15(2)34)25(31)26(21)32/h3,8-13,15-17,34H,4-7H2,1-2H3. The van der Waals surface area contributed by atoms with E-state index in [1.165, 1.54) is 44.2 Å². The number of esters is 1. The number of carbonyl (C=O) groups excluding carboxylic acids is 1. The second-order valence-electron chi connectivity index (χ2n) is 9.23. The summed E-state index contributed by atoms with van der Waals surface area (Å²) >= 11 is 0. The summed E-state index contributed by atoms with van der Waals surface area (Å²) in [6.45, 7) is 2.72. The zero-order valence-electron chi connectivity index (χ0n) is 19.8. The van der Waals surface area contributed by atoms with Crippen molar-refractivity contribution in [2.45, 2.75) is 57.5 Å². The van der Waals surface area contributed by atoms with Gasteiger partial charge in [0.05, 0.1) is 11.7 Å². The lowest BCUT2D eigenvalue weighted by molar-refractivity contribution is 0.0728. The second kappa shape index (κ2) is 10.4. The van der Waals surface area contributed by atoms with Crippen LogP contribution < -0.4 is 4.74 Å². The SMILES string of the molecule is Cc1ccc(C(=O)Oc2ccc(C3CCC(c4ccc(C(C)O)c(F)c4F)CC3)c(F)c2)c(F)c1F. The van der Waals surface area contributed by atoms with Crippen LogP contribution in [0.5, 0.6) is 5.75 Å². The highest BCUT2D eigenvalue weighted by Gasteiger charge is 2.29. The van der Waals surface area contributed by atoms with Gasteiger partial charge in [0, 0.05) is 11.6 Å². The van der Waals surface area contributed by atoms with E-state index in [9.17, 15) is 31.9 Å². The van der Waals surface area contributed by atoms with Gasteiger partial charge in [0.25, 0.3) is 0 Å². The third-order valence-corrected chi connectivity index (χ3v) is 6.88. The number of hydrogen-bond acceptors (Lipinski definition) is 3. The van der Waals surface area contributed by atoms with Crippen LogP contribution >= 0.6 is 0 Å². The Morgan fingerprint density at radius 2 is 1.44 bits per heavy atom. The lowest BCUT2D eigenvalue weighted by Gasteiger charge is -2.30. The van der Waals surface area contributed by atoms with Crippen LogP contribution in [-0.4, -0.2) is 11.1 Å². The zero-order chi connectivity index (χ0) is 26.1. The Morgan fingerprint density at radius 3 is 2.06 bits per heavy atom. The van der Waals surface area contributed by atoms with E-state index in [0.717, 1.165) is 12.1 Å². The number of carbonyl (C=O) groups is 1. The Balaban J connectivity index is 1.43. The molecule has 0 bridgehead atoms. The van der Waals surface area contributed by atoms with Gasteiger partial charge < -0.3 is 9.84 Å². The van der Waals surface area contributed by atoms with Crippen molar-refractivity contribution < 1.29 is 36.6 Å². The molecule has 3 aromatic rings. The number of ether oxygens (including phenoxy) is 1. The van der Waals surface area contributed by atoms with Gasteiger partial charge in [-0.2, -0.15) is 0 Å². The molecule has 4 rings (SSSR count). The molecule has 0 aromatic heterocycles. The summed E-state index contributed by atoms with van der Waals surface area (Å²) < 4.78 is 76.6. The van der Waals surface area contributed by atoms with Crippen LogP contribution in [-0.2, 0) is 0 Å². The highest BCUT2D eigenvalue weighted by atomic mass is 19.2. The van der Waals surface area contributed by atoms with E-state index in [4.69, 9.17) is 4.74 Å².